The molecule has 2 N–H and O–H groups in total. The van der Waals surface area contributed by atoms with Crippen LogP contribution < -0.4 is 5.73 Å². The van der Waals surface area contributed by atoms with Gasteiger partial charge in [-0.15, -0.1) is 0 Å². The first-order valence-corrected chi connectivity index (χ1v) is 7.19. The van der Waals surface area contributed by atoms with Crippen molar-refractivity contribution in [1.29, 1.82) is 0 Å². The van der Waals surface area contributed by atoms with Crippen molar-refractivity contribution in [2.45, 2.75) is 26.1 Å². The zero-order chi connectivity index (χ0) is 15.8. The lowest BCUT2D eigenvalue weighted by atomic mass is 9.92. The van der Waals surface area contributed by atoms with Gasteiger partial charge >= 0.3 is 6.18 Å². The van der Waals surface area contributed by atoms with Crippen LogP contribution in [0.5, 0.6) is 0 Å². The summed E-state index contributed by atoms with van der Waals surface area (Å²) in [7, 11) is 0. The minimum Gasteiger partial charge on any atom is -0.320 e. The van der Waals surface area contributed by atoms with E-state index in [2.05, 4.69) is 15.9 Å². The zero-order valence-electron chi connectivity index (χ0n) is 11.6. The lowest BCUT2D eigenvalue weighted by Gasteiger charge is -2.19. The second kappa shape index (κ2) is 5.81. The van der Waals surface area contributed by atoms with Crippen molar-refractivity contribution >= 4 is 15.9 Å². The number of hydrogen-bond acceptors (Lipinski definition) is 1. The highest BCUT2D eigenvalue weighted by Gasteiger charge is 2.31. The van der Waals surface area contributed by atoms with Gasteiger partial charge in [0.1, 0.15) is 0 Å². The molecular weight excluding hydrogens is 343 g/mol. The van der Waals surface area contributed by atoms with E-state index in [0.717, 1.165) is 27.7 Å². The Bertz CT molecular complexity index is 665. The molecule has 2 aromatic carbocycles. The van der Waals surface area contributed by atoms with Gasteiger partial charge in [-0.1, -0.05) is 34.1 Å². The molecule has 1 atom stereocenters. The first-order chi connectivity index (χ1) is 9.71. The van der Waals surface area contributed by atoms with Crippen molar-refractivity contribution in [3.63, 3.8) is 0 Å². The minimum atomic E-state index is -4.33. The van der Waals surface area contributed by atoms with Gasteiger partial charge in [0.2, 0.25) is 0 Å². The second-order valence-corrected chi connectivity index (χ2v) is 5.86. The minimum absolute atomic E-state index is 0.454. The predicted octanol–water partition coefficient (Wildman–Crippen LogP) is 5.13. The molecule has 1 unspecified atom stereocenters. The monoisotopic (exact) mass is 357 g/mol. The fourth-order valence-corrected chi connectivity index (χ4v) is 2.71. The number of benzene rings is 2. The van der Waals surface area contributed by atoms with Crippen LogP contribution in [0.2, 0.25) is 0 Å². The van der Waals surface area contributed by atoms with E-state index in [0.29, 0.717) is 11.1 Å². The smallest absolute Gasteiger partial charge is 0.320 e. The Morgan fingerprint density at radius 1 is 1.05 bits per heavy atom. The van der Waals surface area contributed by atoms with Crippen molar-refractivity contribution in [3.8, 4) is 0 Å². The average molecular weight is 358 g/mol. The van der Waals surface area contributed by atoms with E-state index in [9.17, 15) is 13.2 Å². The number of hydrogen-bond donors (Lipinski definition) is 1. The molecule has 0 aliphatic rings. The van der Waals surface area contributed by atoms with Crippen LogP contribution in [0.15, 0.2) is 40.9 Å². The maximum absolute atomic E-state index is 12.7. The molecule has 2 rings (SSSR count). The Morgan fingerprint density at radius 2 is 1.71 bits per heavy atom. The van der Waals surface area contributed by atoms with E-state index in [1.54, 1.807) is 6.92 Å². The standard InChI is InChI=1S/C16H15BrF3N/c1-9-8-11(16(18,19)20)6-7-12(9)15(21)13-4-3-5-14(17)10(13)2/h3-8,15H,21H2,1-2H3. The summed E-state index contributed by atoms with van der Waals surface area (Å²) < 4.78 is 39.0. The van der Waals surface area contributed by atoms with E-state index in [4.69, 9.17) is 5.73 Å². The summed E-state index contributed by atoms with van der Waals surface area (Å²) in [5.41, 5.74) is 8.72. The van der Waals surface area contributed by atoms with Gasteiger partial charge in [-0.2, -0.15) is 13.2 Å². The van der Waals surface area contributed by atoms with Crippen LogP contribution in [-0.4, -0.2) is 0 Å². The molecule has 2 aromatic rings. The largest absolute Gasteiger partial charge is 0.416 e. The molecule has 1 nitrogen and oxygen atoms in total. The van der Waals surface area contributed by atoms with Crippen molar-refractivity contribution in [1.82, 2.24) is 0 Å². The first-order valence-electron chi connectivity index (χ1n) is 6.40. The molecule has 112 valence electrons. The molecule has 0 spiro atoms. The summed E-state index contributed by atoms with van der Waals surface area (Å²) in [6, 6.07) is 8.89. The average Bonchev–Trinajstić information content (AvgIpc) is 2.40. The molecule has 21 heavy (non-hydrogen) atoms. The number of halogens is 4. The molecule has 5 heteroatoms. The molecule has 0 saturated carbocycles. The van der Waals surface area contributed by atoms with Gasteiger partial charge in [0.05, 0.1) is 11.6 Å². The Kier molecular flexibility index (Phi) is 4.44. The fourth-order valence-electron chi connectivity index (χ4n) is 2.33. The summed E-state index contributed by atoms with van der Waals surface area (Å²) in [6.45, 7) is 3.58. The Balaban J connectivity index is 2.45. The number of nitrogens with two attached hydrogens (primary N) is 1. The van der Waals surface area contributed by atoms with E-state index in [1.165, 1.54) is 6.07 Å². The maximum atomic E-state index is 12.7. The third-order valence-corrected chi connectivity index (χ3v) is 4.44. The van der Waals surface area contributed by atoms with Crippen molar-refractivity contribution in [3.05, 3.63) is 68.7 Å². The highest BCUT2D eigenvalue weighted by Crippen LogP contribution is 2.33. The van der Waals surface area contributed by atoms with E-state index in [-0.39, 0.29) is 0 Å². The van der Waals surface area contributed by atoms with Gasteiger partial charge < -0.3 is 5.73 Å². The van der Waals surface area contributed by atoms with Gasteiger partial charge in [-0.05, 0) is 54.3 Å². The molecule has 0 amide bonds. The molecule has 0 fully saturated rings. The van der Waals surface area contributed by atoms with Gasteiger partial charge in [0.25, 0.3) is 0 Å². The first kappa shape index (κ1) is 16.0. The number of rotatable bonds is 2. The Labute approximate surface area is 130 Å². The Morgan fingerprint density at radius 3 is 2.29 bits per heavy atom. The van der Waals surface area contributed by atoms with E-state index < -0.39 is 17.8 Å². The molecule has 0 aliphatic carbocycles. The SMILES string of the molecule is Cc1cc(C(F)(F)F)ccc1C(N)c1cccc(Br)c1C. The van der Waals surface area contributed by atoms with Crippen LogP contribution in [0.3, 0.4) is 0 Å². The van der Waals surface area contributed by atoms with Crippen LogP contribution in [0, 0.1) is 13.8 Å². The predicted molar refractivity (Wildman–Crippen MR) is 81.1 cm³/mol. The van der Waals surface area contributed by atoms with Crippen molar-refractivity contribution in [2.24, 2.45) is 5.73 Å². The maximum Gasteiger partial charge on any atom is 0.416 e. The summed E-state index contributed by atoms with van der Waals surface area (Å²) in [6.07, 6.45) is -4.33. The molecule has 0 aromatic heterocycles. The fraction of sp³-hybridized carbons (Fsp3) is 0.250. The summed E-state index contributed by atoms with van der Waals surface area (Å²) in [4.78, 5) is 0. The van der Waals surface area contributed by atoms with Crippen molar-refractivity contribution < 1.29 is 13.2 Å². The van der Waals surface area contributed by atoms with Crippen LogP contribution in [0.25, 0.3) is 0 Å². The van der Waals surface area contributed by atoms with Gasteiger partial charge in [0, 0.05) is 4.47 Å². The molecule has 0 heterocycles. The summed E-state index contributed by atoms with van der Waals surface area (Å²) in [5, 5.41) is 0. The van der Waals surface area contributed by atoms with Crippen LogP contribution in [0.4, 0.5) is 13.2 Å². The second-order valence-electron chi connectivity index (χ2n) is 5.00. The Hall–Kier alpha value is -1.33. The van der Waals surface area contributed by atoms with Gasteiger partial charge in [0.15, 0.2) is 0 Å². The van der Waals surface area contributed by atoms with Crippen molar-refractivity contribution in [2.75, 3.05) is 0 Å². The number of aryl methyl sites for hydroxylation is 1. The van der Waals surface area contributed by atoms with Crippen LogP contribution >= 0.6 is 15.9 Å². The highest BCUT2D eigenvalue weighted by molar-refractivity contribution is 9.10. The lowest BCUT2D eigenvalue weighted by molar-refractivity contribution is -0.137. The quantitative estimate of drug-likeness (QED) is 0.791. The lowest BCUT2D eigenvalue weighted by Crippen LogP contribution is -2.16. The molecule has 0 radical (unpaired) electrons. The summed E-state index contributed by atoms with van der Waals surface area (Å²) >= 11 is 3.44. The molecule has 0 bridgehead atoms. The third-order valence-electron chi connectivity index (χ3n) is 3.58. The third kappa shape index (κ3) is 3.30. The summed E-state index contributed by atoms with van der Waals surface area (Å²) in [5.74, 6) is 0. The topological polar surface area (TPSA) is 26.0 Å². The van der Waals surface area contributed by atoms with Gasteiger partial charge in [-0.3, -0.25) is 0 Å². The van der Waals surface area contributed by atoms with E-state index >= 15 is 0 Å². The highest BCUT2D eigenvalue weighted by atomic mass is 79.9. The van der Waals surface area contributed by atoms with Crippen LogP contribution in [-0.2, 0) is 6.18 Å². The molecular formula is C16H15BrF3N. The normalized spacial score (nSPS) is 13.3. The van der Waals surface area contributed by atoms with E-state index in [1.807, 2.05) is 25.1 Å². The molecule has 0 saturated heterocycles. The van der Waals surface area contributed by atoms with Gasteiger partial charge in [-0.25, -0.2) is 0 Å². The van der Waals surface area contributed by atoms with Crippen LogP contribution in [0.1, 0.15) is 33.9 Å². The zero-order valence-corrected chi connectivity index (χ0v) is 13.2. The molecule has 0 aliphatic heterocycles. The number of alkyl halides is 3.